The molecular formula is C9H17NO2S. The van der Waals surface area contributed by atoms with E-state index in [2.05, 4.69) is 12.6 Å². The second-order valence-electron chi connectivity index (χ2n) is 3.29. The quantitative estimate of drug-likeness (QED) is 0.692. The summed E-state index contributed by atoms with van der Waals surface area (Å²) in [5.74, 6) is 0.868. The number of rotatable bonds is 3. The third kappa shape index (κ3) is 3.19. The minimum absolute atomic E-state index is 0.226. The second kappa shape index (κ2) is 5.50. The van der Waals surface area contributed by atoms with Crippen LogP contribution in [0.2, 0.25) is 0 Å². The third-order valence-corrected chi connectivity index (χ3v) is 2.68. The lowest BCUT2D eigenvalue weighted by atomic mass is 10.1. The van der Waals surface area contributed by atoms with Crippen molar-refractivity contribution in [3.8, 4) is 0 Å². The van der Waals surface area contributed by atoms with Gasteiger partial charge in [0, 0.05) is 26.6 Å². The van der Waals surface area contributed by atoms with Crippen LogP contribution >= 0.6 is 12.6 Å². The van der Waals surface area contributed by atoms with Crippen LogP contribution in [-0.2, 0) is 9.53 Å². The van der Waals surface area contributed by atoms with Gasteiger partial charge in [0.25, 0.3) is 0 Å². The maximum Gasteiger partial charge on any atom is 0.223 e. The van der Waals surface area contributed by atoms with E-state index in [0.29, 0.717) is 18.3 Å². The molecule has 1 saturated heterocycles. The predicted octanol–water partition coefficient (Wildman–Crippen LogP) is 0.944. The Labute approximate surface area is 84.8 Å². The molecule has 0 bridgehead atoms. The summed E-state index contributed by atoms with van der Waals surface area (Å²) in [6.07, 6.45) is 2.84. The molecule has 0 atom stereocenters. The number of likely N-dealkylation sites (tertiary alicyclic amines) is 1. The SMILES string of the molecule is COC1CCN(C(=O)CCS)CC1. The van der Waals surface area contributed by atoms with Crippen molar-refractivity contribution in [3.63, 3.8) is 0 Å². The summed E-state index contributed by atoms with van der Waals surface area (Å²) in [6.45, 7) is 1.68. The van der Waals surface area contributed by atoms with Crippen molar-refractivity contribution in [1.82, 2.24) is 4.90 Å². The Morgan fingerprint density at radius 2 is 2.15 bits per heavy atom. The monoisotopic (exact) mass is 203 g/mol. The van der Waals surface area contributed by atoms with Crippen LogP contribution in [0.25, 0.3) is 0 Å². The third-order valence-electron chi connectivity index (χ3n) is 2.45. The molecule has 0 aromatic heterocycles. The fourth-order valence-electron chi connectivity index (χ4n) is 1.59. The van der Waals surface area contributed by atoms with Gasteiger partial charge in [0.05, 0.1) is 6.10 Å². The van der Waals surface area contributed by atoms with Crippen LogP contribution in [0.4, 0.5) is 0 Å². The van der Waals surface area contributed by atoms with Gasteiger partial charge in [0.2, 0.25) is 5.91 Å². The fourth-order valence-corrected chi connectivity index (χ4v) is 1.79. The highest BCUT2D eigenvalue weighted by molar-refractivity contribution is 7.80. The number of carbonyl (C=O) groups excluding carboxylic acids is 1. The van der Waals surface area contributed by atoms with Crippen molar-refractivity contribution in [2.75, 3.05) is 26.0 Å². The molecule has 0 aromatic rings. The van der Waals surface area contributed by atoms with Crippen molar-refractivity contribution in [2.24, 2.45) is 0 Å². The van der Waals surface area contributed by atoms with Crippen LogP contribution < -0.4 is 0 Å². The normalized spacial score (nSPS) is 19.1. The molecule has 0 unspecified atom stereocenters. The lowest BCUT2D eigenvalue weighted by Gasteiger charge is -2.31. The Balaban J connectivity index is 2.28. The lowest BCUT2D eigenvalue weighted by molar-refractivity contribution is -0.133. The van der Waals surface area contributed by atoms with E-state index < -0.39 is 0 Å². The molecule has 0 radical (unpaired) electrons. The molecule has 3 nitrogen and oxygen atoms in total. The Kier molecular flexibility index (Phi) is 4.59. The number of amides is 1. The van der Waals surface area contributed by atoms with Crippen molar-refractivity contribution in [3.05, 3.63) is 0 Å². The molecule has 76 valence electrons. The van der Waals surface area contributed by atoms with E-state index in [0.717, 1.165) is 25.9 Å². The van der Waals surface area contributed by atoms with Gasteiger partial charge in [-0.05, 0) is 18.6 Å². The van der Waals surface area contributed by atoms with Gasteiger partial charge in [-0.25, -0.2) is 0 Å². The molecule has 1 aliphatic rings. The number of piperidine rings is 1. The van der Waals surface area contributed by atoms with Crippen LogP contribution in [0.5, 0.6) is 0 Å². The first-order chi connectivity index (χ1) is 6.27. The number of nitrogens with zero attached hydrogens (tertiary/aromatic N) is 1. The zero-order valence-corrected chi connectivity index (χ0v) is 8.93. The molecule has 0 aliphatic carbocycles. The number of thiol groups is 1. The molecule has 1 amide bonds. The first-order valence-electron chi connectivity index (χ1n) is 4.69. The smallest absolute Gasteiger partial charge is 0.223 e. The molecule has 1 heterocycles. The molecule has 13 heavy (non-hydrogen) atoms. The Hall–Kier alpha value is -0.220. The van der Waals surface area contributed by atoms with E-state index in [1.165, 1.54) is 0 Å². The number of methoxy groups -OCH3 is 1. The maximum atomic E-state index is 11.4. The van der Waals surface area contributed by atoms with Crippen molar-refractivity contribution >= 4 is 18.5 Å². The second-order valence-corrected chi connectivity index (χ2v) is 3.74. The summed E-state index contributed by atoms with van der Waals surface area (Å²) in [7, 11) is 1.73. The highest BCUT2D eigenvalue weighted by Gasteiger charge is 2.21. The molecular weight excluding hydrogens is 186 g/mol. The predicted molar refractivity (Wildman–Crippen MR) is 55.1 cm³/mol. The molecule has 1 fully saturated rings. The molecule has 0 spiro atoms. The summed E-state index contributed by atoms with van der Waals surface area (Å²) in [4.78, 5) is 13.3. The largest absolute Gasteiger partial charge is 0.381 e. The first-order valence-corrected chi connectivity index (χ1v) is 5.32. The minimum Gasteiger partial charge on any atom is -0.381 e. The highest BCUT2D eigenvalue weighted by atomic mass is 32.1. The van der Waals surface area contributed by atoms with E-state index >= 15 is 0 Å². The van der Waals surface area contributed by atoms with Crippen LogP contribution in [0.15, 0.2) is 0 Å². The standard InChI is InChI=1S/C9H17NO2S/c1-12-8-2-5-10(6-3-8)9(11)4-7-13/h8,13H,2-7H2,1H3. The summed E-state index contributed by atoms with van der Waals surface area (Å²) < 4.78 is 5.23. The van der Waals surface area contributed by atoms with Gasteiger partial charge >= 0.3 is 0 Å². The van der Waals surface area contributed by atoms with Crippen molar-refractivity contribution < 1.29 is 9.53 Å². The van der Waals surface area contributed by atoms with Crippen LogP contribution in [0.3, 0.4) is 0 Å². The number of hydrogen-bond acceptors (Lipinski definition) is 3. The molecule has 0 N–H and O–H groups in total. The minimum atomic E-state index is 0.226. The fraction of sp³-hybridized carbons (Fsp3) is 0.889. The summed E-state index contributed by atoms with van der Waals surface area (Å²) in [5.41, 5.74) is 0. The number of hydrogen-bond donors (Lipinski definition) is 1. The summed E-state index contributed by atoms with van der Waals surface area (Å²) >= 11 is 4.04. The van der Waals surface area contributed by atoms with Gasteiger partial charge in [-0.1, -0.05) is 0 Å². The maximum absolute atomic E-state index is 11.4. The number of ether oxygens (including phenoxy) is 1. The zero-order valence-electron chi connectivity index (χ0n) is 8.03. The van der Waals surface area contributed by atoms with Gasteiger partial charge in [0.1, 0.15) is 0 Å². The Morgan fingerprint density at radius 3 is 2.62 bits per heavy atom. The Bertz CT molecular complexity index is 167. The zero-order chi connectivity index (χ0) is 9.68. The molecule has 1 aliphatic heterocycles. The van der Waals surface area contributed by atoms with Crippen molar-refractivity contribution in [1.29, 1.82) is 0 Å². The first kappa shape index (κ1) is 10.9. The van der Waals surface area contributed by atoms with E-state index in [4.69, 9.17) is 4.74 Å². The average Bonchev–Trinajstić information content (AvgIpc) is 2.18. The van der Waals surface area contributed by atoms with Gasteiger partial charge in [-0.3, -0.25) is 4.79 Å². The van der Waals surface area contributed by atoms with E-state index in [9.17, 15) is 4.79 Å². The summed E-state index contributed by atoms with van der Waals surface area (Å²) in [5, 5.41) is 0. The number of carbonyl (C=O) groups is 1. The topological polar surface area (TPSA) is 29.5 Å². The van der Waals surface area contributed by atoms with Crippen LogP contribution in [0, 0.1) is 0 Å². The van der Waals surface area contributed by atoms with E-state index in [1.54, 1.807) is 7.11 Å². The van der Waals surface area contributed by atoms with Gasteiger partial charge in [0.15, 0.2) is 0 Å². The summed E-state index contributed by atoms with van der Waals surface area (Å²) in [6, 6.07) is 0. The van der Waals surface area contributed by atoms with Crippen LogP contribution in [0.1, 0.15) is 19.3 Å². The van der Waals surface area contributed by atoms with Gasteiger partial charge < -0.3 is 9.64 Å². The van der Waals surface area contributed by atoms with E-state index in [-0.39, 0.29) is 5.91 Å². The Morgan fingerprint density at radius 1 is 1.54 bits per heavy atom. The van der Waals surface area contributed by atoms with E-state index in [1.807, 2.05) is 4.90 Å². The molecule has 1 rings (SSSR count). The van der Waals surface area contributed by atoms with Crippen LogP contribution in [-0.4, -0.2) is 42.9 Å². The molecule has 0 saturated carbocycles. The highest BCUT2D eigenvalue weighted by Crippen LogP contribution is 2.13. The van der Waals surface area contributed by atoms with Gasteiger partial charge in [-0.15, -0.1) is 0 Å². The molecule has 4 heteroatoms. The van der Waals surface area contributed by atoms with Crippen molar-refractivity contribution in [2.45, 2.75) is 25.4 Å². The average molecular weight is 203 g/mol. The molecule has 0 aromatic carbocycles. The lowest BCUT2D eigenvalue weighted by Crippen LogP contribution is -2.40. The van der Waals surface area contributed by atoms with Gasteiger partial charge in [-0.2, -0.15) is 12.6 Å².